The van der Waals surface area contributed by atoms with Gasteiger partial charge in [-0.3, -0.25) is 9.89 Å². The predicted molar refractivity (Wildman–Crippen MR) is 104 cm³/mol. The number of ether oxygens (including phenoxy) is 1. The van der Waals surface area contributed by atoms with Crippen molar-refractivity contribution in [1.82, 2.24) is 10.2 Å². The number of benzene rings is 1. The summed E-state index contributed by atoms with van der Waals surface area (Å²) in [4.78, 5) is 15.7. The minimum Gasteiger partial charge on any atom is -0.378 e. The predicted octanol–water partition coefficient (Wildman–Crippen LogP) is 3.54. The largest absolute Gasteiger partial charge is 0.378 e. The molecule has 0 unspecified atom stereocenters. The van der Waals surface area contributed by atoms with Crippen molar-refractivity contribution in [1.29, 1.82) is 0 Å². The van der Waals surface area contributed by atoms with E-state index in [1.54, 1.807) is 0 Å². The van der Waals surface area contributed by atoms with Gasteiger partial charge in [0.25, 0.3) is 5.91 Å². The van der Waals surface area contributed by atoms with Crippen LogP contribution in [-0.4, -0.2) is 42.4 Å². The summed E-state index contributed by atoms with van der Waals surface area (Å²) in [5.74, 6) is 0.397. The van der Waals surface area contributed by atoms with Crippen LogP contribution in [0.4, 0.5) is 10.8 Å². The second-order valence-electron chi connectivity index (χ2n) is 6.19. The average molecular weight is 368 g/mol. The van der Waals surface area contributed by atoms with Crippen molar-refractivity contribution in [3.05, 3.63) is 53.0 Å². The molecule has 1 fully saturated rings. The van der Waals surface area contributed by atoms with Crippen LogP contribution in [0.3, 0.4) is 0 Å². The van der Waals surface area contributed by atoms with Gasteiger partial charge < -0.3 is 15.0 Å². The molecule has 0 atom stereocenters. The number of nitrogens with one attached hydrogen (secondary N) is 2. The van der Waals surface area contributed by atoms with Gasteiger partial charge in [0.1, 0.15) is 0 Å². The number of rotatable bonds is 4. The molecule has 0 bridgehead atoms. The van der Waals surface area contributed by atoms with E-state index in [0.717, 1.165) is 34.9 Å². The SMILES string of the molecule is Cc1cc(NC(=O)c2cc(-c3ccccc3)c(N3CCOCC3)s2)n[nH]1. The lowest BCUT2D eigenvalue weighted by atomic mass is 10.1. The second-order valence-corrected chi connectivity index (χ2v) is 7.22. The molecule has 0 saturated carbocycles. The van der Waals surface area contributed by atoms with Gasteiger partial charge in [-0.25, -0.2) is 0 Å². The van der Waals surface area contributed by atoms with E-state index in [4.69, 9.17) is 4.74 Å². The minimum absolute atomic E-state index is 0.141. The van der Waals surface area contributed by atoms with Gasteiger partial charge in [0.05, 0.1) is 23.1 Å². The van der Waals surface area contributed by atoms with Gasteiger partial charge in [-0.15, -0.1) is 11.3 Å². The Morgan fingerprint density at radius 3 is 2.69 bits per heavy atom. The highest BCUT2D eigenvalue weighted by Gasteiger charge is 2.22. The maximum atomic E-state index is 12.7. The van der Waals surface area contributed by atoms with Gasteiger partial charge in [0, 0.05) is 30.4 Å². The first-order valence-corrected chi connectivity index (χ1v) is 9.37. The van der Waals surface area contributed by atoms with Crippen molar-refractivity contribution in [2.24, 2.45) is 0 Å². The van der Waals surface area contributed by atoms with Crippen LogP contribution < -0.4 is 10.2 Å². The number of carbonyl (C=O) groups is 1. The molecule has 0 spiro atoms. The number of H-pyrrole nitrogens is 1. The highest BCUT2D eigenvalue weighted by molar-refractivity contribution is 7.18. The zero-order valence-corrected chi connectivity index (χ0v) is 15.3. The number of aromatic nitrogens is 2. The Bertz CT molecular complexity index is 897. The summed E-state index contributed by atoms with van der Waals surface area (Å²) in [6.07, 6.45) is 0. The molecule has 7 heteroatoms. The molecule has 26 heavy (non-hydrogen) atoms. The third-order valence-corrected chi connectivity index (χ3v) is 5.46. The highest BCUT2D eigenvalue weighted by atomic mass is 32.1. The van der Waals surface area contributed by atoms with Crippen LogP contribution in [0, 0.1) is 6.92 Å². The summed E-state index contributed by atoms with van der Waals surface area (Å²) in [5, 5.41) is 10.9. The van der Waals surface area contributed by atoms with Crippen LogP contribution in [0.5, 0.6) is 0 Å². The molecule has 3 aromatic rings. The van der Waals surface area contributed by atoms with Crippen molar-refractivity contribution in [3.8, 4) is 11.1 Å². The smallest absolute Gasteiger partial charge is 0.267 e. The Kier molecular flexibility index (Phi) is 4.73. The van der Waals surface area contributed by atoms with Crippen LogP contribution >= 0.6 is 11.3 Å². The van der Waals surface area contributed by atoms with Crippen molar-refractivity contribution < 1.29 is 9.53 Å². The van der Waals surface area contributed by atoms with Crippen LogP contribution in [-0.2, 0) is 4.74 Å². The van der Waals surface area contributed by atoms with Crippen molar-refractivity contribution in [3.63, 3.8) is 0 Å². The van der Waals surface area contributed by atoms with E-state index in [9.17, 15) is 4.79 Å². The van der Waals surface area contributed by atoms with Gasteiger partial charge >= 0.3 is 0 Å². The van der Waals surface area contributed by atoms with E-state index in [-0.39, 0.29) is 5.91 Å². The first kappa shape index (κ1) is 16.8. The molecule has 134 valence electrons. The molecule has 0 radical (unpaired) electrons. The Labute approximate surface area is 155 Å². The number of hydrogen-bond acceptors (Lipinski definition) is 5. The van der Waals surface area contributed by atoms with Gasteiger partial charge in [-0.1, -0.05) is 30.3 Å². The van der Waals surface area contributed by atoms with E-state index < -0.39 is 0 Å². The molecule has 3 heterocycles. The molecule has 1 saturated heterocycles. The standard InChI is InChI=1S/C19H20N4O2S/c1-13-11-17(22-21-13)20-18(24)16-12-15(14-5-3-2-4-6-14)19(26-16)23-7-9-25-10-8-23/h2-6,11-12H,7-10H2,1H3,(H2,20,21,22,24). The van der Waals surface area contributed by atoms with Crippen molar-refractivity contribution in [2.75, 3.05) is 36.5 Å². The lowest BCUT2D eigenvalue weighted by Gasteiger charge is -2.28. The molecule has 1 aromatic carbocycles. The van der Waals surface area contributed by atoms with Crippen LogP contribution in [0.15, 0.2) is 42.5 Å². The molecule has 2 aromatic heterocycles. The number of anilines is 2. The van der Waals surface area contributed by atoms with Crippen LogP contribution in [0.1, 0.15) is 15.4 Å². The molecule has 1 aliphatic rings. The molecule has 6 nitrogen and oxygen atoms in total. The zero-order valence-electron chi connectivity index (χ0n) is 14.5. The first-order chi connectivity index (χ1) is 12.7. The van der Waals surface area contributed by atoms with Gasteiger partial charge in [0.2, 0.25) is 0 Å². The van der Waals surface area contributed by atoms with E-state index in [0.29, 0.717) is 23.9 Å². The Hall–Kier alpha value is -2.64. The van der Waals surface area contributed by atoms with Gasteiger partial charge in [0.15, 0.2) is 5.82 Å². The molecular weight excluding hydrogens is 348 g/mol. The highest BCUT2D eigenvalue weighted by Crippen LogP contribution is 2.39. The Morgan fingerprint density at radius 1 is 1.23 bits per heavy atom. The van der Waals surface area contributed by atoms with E-state index in [1.807, 2.05) is 37.3 Å². The Balaban J connectivity index is 1.67. The summed E-state index contributed by atoms with van der Waals surface area (Å²) < 4.78 is 5.47. The summed E-state index contributed by atoms with van der Waals surface area (Å²) in [5.41, 5.74) is 3.10. The molecular formula is C19H20N4O2S. The number of morpholine rings is 1. The van der Waals surface area contributed by atoms with Crippen LogP contribution in [0.2, 0.25) is 0 Å². The number of amides is 1. The minimum atomic E-state index is -0.141. The fraction of sp³-hybridized carbons (Fsp3) is 0.263. The number of thiophene rings is 1. The maximum Gasteiger partial charge on any atom is 0.267 e. The van der Waals surface area contributed by atoms with E-state index in [1.165, 1.54) is 11.3 Å². The third kappa shape index (κ3) is 3.49. The number of aryl methyl sites for hydroxylation is 1. The number of nitrogens with zero attached hydrogens (tertiary/aromatic N) is 2. The summed E-state index contributed by atoms with van der Waals surface area (Å²) >= 11 is 1.52. The topological polar surface area (TPSA) is 70.2 Å². The third-order valence-electron chi connectivity index (χ3n) is 4.27. The van der Waals surface area contributed by atoms with Gasteiger partial charge in [-0.2, -0.15) is 5.10 Å². The molecule has 1 aliphatic heterocycles. The first-order valence-electron chi connectivity index (χ1n) is 8.56. The molecule has 0 aliphatic carbocycles. The Morgan fingerprint density at radius 2 is 2.00 bits per heavy atom. The van der Waals surface area contributed by atoms with Crippen LogP contribution in [0.25, 0.3) is 11.1 Å². The molecule has 1 amide bonds. The monoisotopic (exact) mass is 368 g/mol. The fourth-order valence-electron chi connectivity index (χ4n) is 2.98. The lowest BCUT2D eigenvalue weighted by molar-refractivity contribution is 0.103. The summed E-state index contributed by atoms with van der Waals surface area (Å²) in [6.45, 7) is 4.98. The normalized spacial score (nSPS) is 14.4. The molecule has 2 N–H and O–H groups in total. The number of hydrogen-bond donors (Lipinski definition) is 2. The second kappa shape index (κ2) is 7.31. The van der Waals surface area contributed by atoms with Crippen molar-refractivity contribution in [2.45, 2.75) is 6.92 Å². The number of carbonyl (C=O) groups excluding carboxylic acids is 1. The van der Waals surface area contributed by atoms with E-state index in [2.05, 4.69) is 32.5 Å². The lowest BCUT2D eigenvalue weighted by Crippen LogP contribution is -2.35. The van der Waals surface area contributed by atoms with Gasteiger partial charge in [-0.05, 0) is 18.6 Å². The maximum absolute atomic E-state index is 12.7. The summed E-state index contributed by atoms with van der Waals surface area (Å²) in [7, 11) is 0. The molecule has 4 rings (SSSR count). The van der Waals surface area contributed by atoms with E-state index >= 15 is 0 Å². The summed E-state index contributed by atoms with van der Waals surface area (Å²) in [6, 6.07) is 14.0. The zero-order chi connectivity index (χ0) is 17.9. The van der Waals surface area contributed by atoms with Crippen molar-refractivity contribution >= 4 is 28.1 Å². The average Bonchev–Trinajstić information content (AvgIpc) is 3.30. The number of aromatic amines is 1. The quantitative estimate of drug-likeness (QED) is 0.739. The fourth-order valence-corrected chi connectivity index (χ4v) is 4.11.